The normalized spacial score (nSPS) is 17.4. The molecule has 1 heterocycles. The predicted molar refractivity (Wildman–Crippen MR) is 129 cm³/mol. The Bertz CT molecular complexity index is 1240. The molecule has 1 aliphatic heterocycles. The molecule has 9 nitrogen and oxygen atoms in total. The van der Waals surface area contributed by atoms with Crippen molar-refractivity contribution in [2.75, 3.05) is 35.0 Å². The number of hydrogen-bond acceptors (Lipinski definition) is 7. The quantitative estimate of drug-likeness (QED) is 0.491. The molecular formula is C26H27F3N2O7. The minimum atomic E-state index is -5.41. The van der Waals surface area contributed by atoms with E-state index < -0.39 is 35.1 Å². The van der Waals surface area contributed by atoms with Crippen LogP contribution >= 0.6 is 0 Å². The number of alkyl halides is 3. The van der Waals surface area contributed by atoms with Gasteiger partial charge in [-0.2, -0.15) is 13.2 Å². The maximum absolute atomic E-state index is 14.8. The largest absolute Gasteiger partial charge is 0.493 e. The molecule has 0 aromatic heterocycles. The van der Waals surface area contributed by atoms with Gasteiger partial charge in [0, 0.05) is 17.8 Å². The van der Waals surface area contributed by atoms with Gasteiger partial charge in [0.05, 0.1) is 28.4 Å². The van der Waals surface area contributed by atoms with E-state index in [0.29, 0.717) is 0 Å². The molecule has 0 saturated heterocycles. The maximum atomic E-state index is 14.8. The standard InChI is InChI=1S/C26H27F3N2O7/c1-15-20(23(33)38-5)25(26(27,28)29,24(34)31(15)12-11-16-9-7-6-8-10-16)30-22(32)17-13-18(35-2)21(37-4)19(14-17)36-3/h6-10,13-14H,11-12H2,1-5H3,(H,30,32)/t25-/m1/s1. The van der Waals surface area contributed by atoms with Crippen LogP contribution in [0.25, 0.3) is 0 Å². The molecule has 38 heavy (non-hydrogen) atoms. The molecule has 3 rings (SSSR count). The van der Waals surface area contributed by atoms with Crippen molar-refractivity contribution in [3.8, 4) is 17.2 Å². The molecule has 12 heteroatoms. The fourth-order valence-corrected chi connectivity index (χ4v) is 4.33. The third-order valence-electron chi connectivity index (χ3n) is 6.22. The van der Waals surface area contributed by atoms with Gasteiger partial charge in [0.1, 0.15) is 5.57 Å². The van der Waals surface area contributed by atoms with Gasteiger partial charge in [0.15, 0.2) is 11.5 Å². The van der Waals surface area contributed by atoms with E-state index in [9.17, 15) is 27.6 Å². The lowest BCUT2D eigenvalue weighted by Gasteiger charge is -2.33. The molecule has 0 fully saturated rings. The molecule has 2 amide bonds. The van der Waals surface area contributed by atoms with E-state index in [1.165, 1.54) is 28.3 Å². The summed E-state index contributed by atoms with van der Waals surface area (Å²) in [7, 11) is 4.74. The van der Waals surface area contributed by atoms with E-state index in [-0.39, 0.29) is 41.5 Å². The Kier molecular flexibility index (Phi) is 8.23. The van der Waals surface area contributed by atoms with E-state index in [1.54, 1.807) is 35.6 Å². The molecule has 1 N–H and O–H groups in total. The number of allylic oxidation sites excluding steroid dienone is 1. The Morgan fingerprint density at radius 1 is 0.974 bits per heavy atom. The summed E-state index contributed by atoms with van der Waals surface area (Å²) < 4.78 is 64.7. The summed E-state index contributed by atoms with van der Waals surface area (Å²) in [6.07, 6.45) is -5.21. The minimum Gasteiger partial charge on any atom is -0.493 e. The summed E-state index contributed by atoms with van der Waals surface area (Å²) in [6, 6.07) is 11.0. The number of nitrogens with zero attached hydrogens (tertiary/aromatic N) is 1. The number of carbonyl (C=O) groups excluding carboxylic acids is 3. The Morgan fingerprint density at radius 3 is 2.03 bits per heavy atom. The van der Waals surface area contributed by atoms with E-state index in [0.717, 1.165) is 29.7 Å². The Morgan fingerprint density at radius 2 is 1.55 bits per heavy atom. The third kappa shape index (κ3) is 4.85. The van der Waals surface area contributed by atoms with Crippen LogP contribution in [-0.2, 0) is 20.7 Å². The summed E-state index contributed by atoms with van der Waals surface area (Å²) in [5, 5.41) is 1.80. The van der Waals surface area contributed by atoms with Crippen molar-refractivity contribution < 1.29 is 46.5 Å². The molecule has 0 bridgehead atoms. The van der Waals surface area contributed by atoms with Crippen LogP contribution in [0.5, 0.6) is 17.2 Å². The van der Waals surface area contributed by atoms with Crippen LogP contribution in [-0.4, -0.2) is 69.4 Å². The molecule has 204 valence electrons. The van der Waals surface area contributed by atoms with Crippen LogP contribution in [0.1, 0.15) is 22.8 Å². The van der Waals surface area contributed by atoms with Crippen LogP contribution in [0.15, 0.2) is 53.7 Å². The van der Waals surface area contributed by atoms with Crippen molar-refractivity contribution >= 4 is 17.8 Å². The molecule has 0 unspecified atom stereocenters. The highest BCUT2D eigenvalue weighted by atomic mass is 19.4. The number of amides is 2. The SMILES string of the molecule is COC(=O)C1=C(C)N(CCc2ccccc2)C(=O)[C@@]1(NC(=O)c1cc(OC)c(OC)c(OC)c1)C(F)(F)F. The second-order valence-corrected chi connectivity index (χ2v) is 8.26. The zero-order valence-electron chi connectivity index (χ0n) is 21.4. The summed E-state index contributed by atoms with van der Waals surface area (Å²) >= 11 is 0. The second-order valence-electron chi connectivity index (χ2n) is 8.26. The number of halogens is 3. The first-order chi connectivity index (χ1) is 18.0. The summed E-state index contributed by atoms with van der Waals surface area (Å²) in [6.45, 7) is 1.03. The van der Waals surface area contributed by atoms with E-state index in [4.69, 9.17) is 14.2 Å². The van der Waals surface area contributed by atoms with Crippen molar-refractivity contribution in [2.24, 2.45) is 0 Å². The van der Waals surface area contributed by atoms with Gasteiger partial charge in [-0.15, -0.1) is 0 Å². The highest BCUT2D eigenvalue weighted by Crippen LogP contribution is 2.46. The molecule has 2 aromatic carbocycles. The lowest BCUT2D eigenvalue weighted by Crippen LogP contribution is -2.66. The molecule has 0 saturated carbocycles. The fourth-order valence-electron chi connectivity index (χ4n) is 4.33. The first-order valence-electron chi connectivity index (χ1n) is 11.3. The molecule has 1 atom stereocenters. The van der Waals surface area contributed by atoms with E-state index >= 15 is 0 Å². The monoisotopic (exact) mass is 536 g/mol. The van der Waals surface area contributed by atoms with Crippen LogP contribution in [0.4, 0.5) is 13.2 Å². The smallest absolute Gasteiger partial charge is 0.425 e. The summed E-state index contributed by atoms with van der Waals surface area (Å²) in [5.41, 5.74) is -4.57. The second kappa shape index (κ2) is 11.0. The lowest BCUT2D eigenvalue weighted by molar-refractivity contribution is -0.192. The summed E-state index contributed by atoms with van der Waals surface area (Å²) in [4.78, 5) is 40.3. The van der Waals surface area contributed by atoms with Crippen molar-refractivity contribution in [1.82, 2.24) is 10.2 Å². The van der Waals surface area contributed by atoms with Gasteiger partial charge >= 0.3 is 12.1 Å². The van der Waals surface area contributed by atoms with Crippen molar-refractivity contribution in [3.05, 3.63) is 64.9 Å². The first kappa shape index (κ1) is 28.4. The van der Waals surface area contributed by atoms with Crippen LogP contribution in [0.2, 0.25) is 0 Å². The first-order valence-corrected chi connectivity index (χ1v) is 11.3. The topological polar surface area (TPSA) is 103 Å². The number of benzene rings is 2. The lowest BCUT2D eigenvalue weighted by atomic mass is 9.88. The molecule has 0 radical (unpaired) electrons. The third-order valence-corrected chi connectivity index (χ3v) is 6.22. The van der Waals surface area contributed by atoms with Crippen molar-refractivity contribution in [2.45, 2.75) is 25.1 Å². The Hall–Kier alpha value is -4.22. The molecular weight excluding hydrogens is 509 g/mol. The number of methoxy groups -OCH3 is 4. The van der Waals surface area contributed by atoms with Gasteiger partial charge in [0.2, 0.25) is 5.75 Å². The van der Waals surface area contributed by atoms with Crippen molar-refractivity contribution in [1.29, 1.82) is 0 Å². The van der Waals surface area contributed by atoms with Crippen LogP contribution in [0, 0.1) is 0 Å². The Labute approximate surface area is 217 Å². The average molecular weight is 537 g/mol. The maximum Gasteiger partial charge on any atom is 0.425 e. The van der Waals surface area contributed by atoms with Gasteiger partial charge in [-0.3, -0.25) is 9.59 Å². The van der Waals surface area contributed by atoms with Crippen LogP contribution < -0.4 is 19.5 Å². The van der Waals surface area contributed by atoms with Gasteiger partial charge in [0.25, 0.3) is 17.4 Å². The van der Waals surface area contributed by atoms with Gasteiger partial charge < -0.3 is 29.2 Å². The molecule has 1 aliphatic rings. The van der Waals surface area contributed by atoms with E-state index in [2.05, 4.69) is 4.74 Å². The zero-order valence-corrected chi connectivity index (χ0v) is 21.4. The van der Waals surface area contributed by atoms with Crippen LogP contribution in [0.3, 0.4) is 0 Å². The number of hydrogen-bond donors (Lipinski definition) is 1. The molecule has 2 aromatic rings. The minimum absolute atomic E-state index is 0.000193. The zero-order chi connectivity index (χ0) is 28.3. The van der Waals surface area contributed by atoms with Gasteiger partial charge in [-0.05, 0) is 31.0 Å². The summed E-state index contributed by atoms with van der Waals surface area (Å²) in [5.74, 6) is -4.14. The van der Waals surface area contributed by atoms with Crippen molar-refractivity contribution in [3.63, 3.8) is 0 Å². The van der Waals surface area contributed by atoms with E-state index in [1.807, 2.05) is 0 Å². The number of ether oxygens (including phenoxy) is 4. The van der Waals surface area contributed by atoms with Gasteiger partial charge in [-0.1, -0.05) is 30.3 Å². The fraction of sp³-hybridized carbons (Fsp3) is 0.346. The highest BCUT2D eigenvalue weighted by molar-refractivity contribution is 6.12. The number of nitrogens with one attached hydrogen (secondary N) is 1. The highest BCUT2D eigenvalue weighted by Gasteiger charge is 2.70. The molecule has 0 spiro atoms. The number of esters is 1. The number of rotatable bonds is 9. The number of carbonyl (C=O) groups is 3. The van der Waals surface area contributed by atoms with Gasteiger partial charge in [-0.25, -0.2) is 4.79 Å². The average Bonchev–Trinajstić information content (AvgIpc) is 3.12. The predicted octanol–water partition coefficient (Wildman–Crippen LogP) is 3.28. The molecule has 0 aliphatic carbocycles. The Balaban J connectivity index is 2.11.